The van der Waals surface area contributed by atoms with Crippen molar-refractivity contribution in [3.05, 3.63) is 10.9 Å². The van der Waals surface area contributed by atoms with Crippen LogP contribution in [0.25, 0.3) is 10.2 Å². The van der Waals surface area contributed by atoms with E-state index in [0.717, 1.165) is 21.5 Å². The van der Waals surface area contributed by atoms with E-state index in [0.29, 0.717) is 11.8 Å². The fourth-order valence-corrected chi connectivity index (χ4v) is 2.57. The smallest absolute Gasteiger partial charge is 0.240 e. The van der Waals surface area contributed by atoms with Crippen LogP contribution in [0.3, 0.4) is 0 Å². The summed E-state index contributed by atoms with van der Waals surface area (Å²) in [5.41, 5.74) is 2.46. The molecule has 0 aliphatic rings. The number of nitrogen functional groups attached to an aromatic ring is 1. The van der Waals surface area contributed by atoms with Gasteiger partial charge in [-0.2, -0.15) is 4.98 Å². The molecule has 0 aliphatic heterocycles. The molecule has 0 saturated heterocycles. The van der Waals surface area contributed by atoms with Crippen molar-refractivity contribution in [3.8, 4) is 0 Å². The topological polar surface area (TPSA) is 96.1 Å². The molecule has 0 aromatic carbocycles. The Morgan fingerprint density at radius 1 is 1.50 bits per heavy atom. The minimum Gasteiger partial charge on any atom is -0.394 e. The van der Waals surface area contributed by atoms with Gasteiger partial charge in [0.2, 0.25) is 5.95 Å². The molecule has 1 unspecified atom stereocenters. The van der Waals surface area contributed by atoms with Crippen LogP contribution in [0.2, 0.25) is 0 Å². The number of hydrogen-bond acceptors (Lipinski definition) is 7. The molecule has 0 spiro atoms. The zero-order valence-corrected chi connectivity index (χ0v) is 11.2. The van der Waals surface area contributed by atoms with Crippen molar-refractivity contribution in [2.24, 2.45) is 5.84 Å². The summed E-state index contributed by atoms with van der Waals surface area (Å²) in [4.78, 5) is 10.6. The average Bonchev–Trinajstić information content (AvgIpc) is 2.75. The molecule has 0 amide bonds. The van der Waals surface area contributed by atoms with E-state index >= 15 is 0 Å². The van der Waals surface area contributed by atoms with Gasteiger partial charge in [-0.1, -0.05) is 6.92 Å². The average molecular weight is 267 g/mol. The molecule has 7 heteroatoms. The van der Waals surface area contributed by atoms with Crippen LogP contribution in [0.1, 0.15) is 18.2 Å². The predicted octanol–water partition coefficient (Wildman–Crippen LogP) is 1.47. The van der Waals surface area contributed by atoms with Gasteiger partial charge in [-0.15, -0.1) is 11.3 Å². The number of hydrazine groups is 1. The van der Waals surface area contributed by atoms with Gasteiger partial charge in [-0.05, 0) is 19.4 Å². The van der Waals surface area contributed by atoms with Gasteiger partial charge in [0, 0.05) is 4.88 Å². The molecule has 0 radical (unpaired) electrons. The second kappa shape index (κ2) is 5.47. The van der Waals surface area contributed by atoms with E-state index in [-0.39, 0.29) is 12.6 Å². The molecule has 0 bridgehead atoms. The van der Waals surface area contributed by atoms with E-state index in [1.165, 1.54) is 0 Å². The number of aryl methyl sites for hydroxylation is 1. The Morgan fingerprint density at radius 2 is 2.28 bits per heavy atom. The molecule has 2 aromatic rings. The molecular weight excluding hydrogens is 250 g/mol. The van der Waals surface area contributed by atoms with E-state index in [4.69, 9.17) is 5.84 Å². The van der Waals surface area contributed by atoms with Crippen molar-refractivity contribution in [3.63, 3.8) is 0 Å². The third-order valence-electron chi connectivity index (χ3n) is 2.70. The summed E-state index contributed by atoms with van der Waals surface area (Å²) in [7, 11) is 0. The van der Waals surface area contributed by atoms with Gasteiger partial charge in [0.25, 0.3) is 0 Å². The highest BCUT2D eigenvalue weighted by atomic mass is 32.1. The third kappa shape index (κ3) is 2.53. The van der Waals surface area contributed by atoms with Crippen LogP contribution in [-0.4, -0.2) is 27.7 Å². The summed E-state index contributed by atoms with van der Waals surface area (Å²) >= 11 is 1.59. The lowest BCUT2D eigenvalue weighted by Gasteiger charge is -2.15. The maximum atomic E-state index is 9.25. The predicted molar refractivity (Wildman–Crippen MR) is 74.7 cm³/mol. The van der Waals surface area contributed by atoms with E-state index in [9.17, 15) is 5.11 Å². The van der Waals surface area contributed by atoms with Gasteiger partial charge in [0.05, 0.1) is 18.0 Å². The highest BCUT2D eigenvalue weighted by molar-refractivity contribution is 7.18. The summed E-state index contributed by atoms with van der Waals surface area (Å²) in [6, 6.07) is 2.01. The number of aliphatic hydroxyl groups excluding tert-OH is 1. The van der Waals surface area contributed by atoms with E-state index < -0.39 is 0 Å². The molecule has 2 heterocycles. The Balaban J connectivity index is 2.45. The third-order valence-corrected chi connectivity index (χ3v) is 3.64. The molecule has 0 fully saturated rings. The Kier molecular flexibility index (Phi) is 3.95. The summed E-state index contributed by atoms with van der Waals surface area (Å²) < 4.78 is 0. The van der Waals surface area contributed by atoms with Crippen molar-refractivity contribution in [2.75, 3.05) is 17.3 Å². The van der Waals surface area contributed by atoms with Gasteiger partial charge < -0.3 is 10.4 Å². The SMILES string of the molecule is CCC(CO)Nc1nc(NN)nc2sc(C)cc12. The first-order chi connectivity index (χ1) is 8.67. The van der Waals surface area contributed by atoms with E-state index in [2.05, 4.69) is 20.7 Å². The fraction of sp³-hybridized carbons (Fsp3) is 0.455. The molecule has 98 valence electrons. The van der Waals surface area contributed by atoms with Crippen LogP contribution in [0.4, 0.5) is 11.8 Å². The quantitative estimate of drug-likeness (QED) is 0.484. The fourth-order valence-electron chi connectivity index (χ4n) is 1.69. The molecule has 2 aromatic heterocycles. The standard InChI is InChI=1S/C11H17N5OS/c1-3-7(5-17)13-9-8-4-6(2)18-10(8)15-11(14-9)16-12/h4,7,17H,3,5,12H2,1-2H3,(H2,13,14,15,16). The highest BCUT2D eigenvalue weighted by Gasteiger charge is 2.13. The molecule has 0 aliphatic carbocycles. The van der Waals surface area contributed by atoms with Crippen molar-refractivity contribution >= 4 is 33.3 Å². The molecule has 6 nitrogen and oxygen atoms in total. The number of thiophene rings is 1. The van der Waals surface area contributed by atoms with Crippen LogP contribution in [0.5, 0.6) is 0 Å². The number of nitrogens with one attached hydrogen (secondary N) is 2. The number of aromatic nitrogens is 2. The van der Waals surface area contributed by atoms with Crippen molar-refractivity contribution < 1.29 is 5.11 Å². The van der Waals surface area contributed by atoms with Crippen molar-refractivity contribution in [1.82, 2.24) is 9.97 Å². The number of nitrogens with zero attached hydrogens (tertiary/aromatic N) is 2. The molecular formula is C11H17N5OS. The Bertz CT molecular complexity index is 537. The minimum atomic E-state index is -0.0195. The molecule has 1 atom stereocenters. The van der Waals surface area contributed by atoms with Gasteiger partial charge in [0.15, 0.2) is 0 Å². The first-order valence-electron chi connectivity index (χ1n) is 5.80. The van der Waals surface area contributed by atoms with E-state index in [1.54, 1.807) is 11.3 Å². The number of aliphatic hydroxyl groups is 1. The minimum absolute atomic E-state index is 0.0195. The zero-order chi connectivity index (χ0) is 13.1. The largest absolute Gasteiger partial charge is 0.394 e. The number of nitrogens with two attached hydrogens (primary N) is 1. The second-order valence-corrected chi connectivity index (χ2v) is 5.28. The van der Waals surface area contributed by atoms with E-state index in [1.807, 2.05) is 19.9 Å². The Morgan fingerprint density at radius 3 is 2.89 bits per heavy atom. The van der Waals surface area contributed by atoms with Gasteiger partial charge in [-0.3, -0.25) is 5.43 Å². The highest BCUT2D eigenvalue weighted by Crippen LogP contribution is 2.29. The Labute approximate surface area is 109 Å². The maximum Gasteiger partial charge on any atom is 0.240 e. The van der Waals surface area contributed by atoms with Crippen LogP contribution in [-0.2, 0) is 0 Å². The number of rotatable bonds is 5. The van der Waals surface area contributed by atoms with Crippen LogP contribution in [0, 0.1) is 6.92 Å². The van der Waals surface area contributed by atoms with Crippen LogP contribution < -0.4 is 16.6 Å². The van der Waals surface area contributed by atoms with Gasteiger partial charge in [0.1, 0.15) is 10.6 Å². The molecule has 2 rings (SSSR count). The second-order valence-electron chi connectivity index (χ2n) is 4.05. The first-order valence-corrected chi connectivity index (χ1v) is 6.61. The molecule has 5 N–H and O–H groups in total. The van der Waals surface area contributed by atoms with Crippen LogP contribution in [0.15, 0.2) is 6.07 Å². The normalized spacial score (nSPS) is 12.7. The summed E-state index contributed by atoms with van der Waals surface area (Å²) in [6.45, 7) is 4.10. The Hall–Kier alpha value is -1.44. The number of anilines is 2. The van der Waals surface area contributed by atoms with Gasteiger partial charge in [-0.25, -0.2) is 10.8 Å². The summed E-state index contributed by atoms with van der Waals surface area (Å²) in [5.74, 6) is 6.45. The summed E-state index contributed by atoms with van der Waals surface area (Å²) in [6.07, 6.45) is 0.816. The lowest BCUT2D eigenvalue weighted by molar-refractivity contribution is 0.271. The summed E-state index contributed by atoms with van der Waals surface area (Å²) in [5, 5.41) is 13.4. The zero-order valence-electron chi connectivity index (χ0n) is 10.4. The molecule has 18 heavy (non-hydrogen) atoms. The first kappa shape index (κ1) is 13.0. The maximum absolute atomic E-state index is 9.25. The number of fused-ring (bicyclic) bond motifs is 1. The monoisotopic (exact) mass is 267 g/mol. The van der Waals surface area contributed by atoms with Crippen LogP contribution >= 0.6 is 11.3 Å². The molecule has 0 saturated carbocycles. The van der Waals surface area contributed by atoms with Gasteiger partial charge >= 0.3 is 0 Å². The van der Waals surface area contributed by atoms with Crippen molar-refractivity contribution in [1.29, 1.82) is 0 Å². The number of hydrogen-bond donors (Lipinski definition) is 4. The lowest BCUT2D eigenvalue weighted by atomic mass is 10.2. The lowest BCUT2D eigenvalue weighted by Crippen LogP contribution is -2.24. The van der Waals surface area contributed by atoms with Crippen molar-refractivity contribution in [2.45, 2.75) is 26.3 Å².